The SMILES string of the molecule is COC(=O)CN(c1nc[nH]c(=O)c1I)C(C)C. The Morgan fingerprint density at radius 1 is 1.65 bits per heavy atom. The van der Waals surface area contributed by atoms with Crippen molar-refractivity contribution in [3.8, 4) is 0 Å². The first-order chi connectivity index (χ1) is 7.97. The molecule has 1 heterocycles. The number of ether oxygens (including phenoxy) is 1. The van der Waals surface area contributed by atoms with E-state index < -0.39 is 0 Å². The lowest BCUT2D eigenvalue weighted by Crippen LogP contribution is -2.38. The molecule has 0 atom stereocenters. The van der Waals surface area contributed by atoms with Gasteiger partial charge in [0.25, 0.3) is 5.56 Å². The quantitative estimate of drug-likeness (QED) is 0.641. The monoisotopic (exact) mass is 351 g/mol. The highest BCUT2D eigenvalue weighted by Gasteiger charge is 2.19. The highest BCUT2D eigenvalue weighted by Crippen LogP contribution is 2.17. The summed E-state index contributed by atoms with van der Waals surface area (Å²) in [6, 6.07) is 0.0388. The van der Waals surface area contributed by atoms with Gasteiger partial charge in [0.05, 0.1) is 13.4 Å². The molecule has 94 valence electrons. The lowest BCUT2D eigenvalue weighted by Gasteiger charge is -2.26. The van der Waals surface area contributed by atoms with E-state index in [1.807, 2.05) is 36.4 Å². The number of aromatic amines is 1. The van der Waals surface area contributed by atoms with Gasteiger partial charge in [-0.3, -0.25) is 9.59 Å². The van der Waals surface area contributed by atoms with Gasteiger partial charge in [0.2, 0.25) is 0 Å². The number of aromatic nitrogens is 2. The zero-order chi connectivity index (χ0) is 13.0. The lowest BCUT2D eigenvalue weighted by atomic mass is 10.3. The summed E-state index contributed by atoms with van der Waals surface area (Å²) >= 11 is 1.91. The Balaban J connectivity index is 3.10. The minimum atomic E-state index is -0.364. The molecule has 1 N–H and O–H groups in total. The molecule has 0 unspecified atom stereocenters. The topological polar surface area (TPSA) is 75.3 Å². The van der Waals surface area contributed by atoms with Gasteiger partial charge in [-0.05, 0) is 36.4 Å². The predicted octanol–water partition coefficient (Wildman–Crippen LogP) is 0.762. The molecule has 7 heteroatoms. The van der Waals surface area contributed by atoms with E-state index in [1.54, 1.807) is 4.90 Å². The molecular weight excluding hydrogens is 337 g/mol. The van der Waals surface area contributed by atoms with E-state index in [0.29, 0.717) is 9.39 Å². The molecule has 0 saturated carbocycles. The first-order valence-corrected chi connectivity index (χ1v) is 6.12. The Bertz CT molecular complexity index is 458. The zero-order valence-electron chi connectivity index (χ0n) is 9.86. The van der Waals surface area contributed by atoms with Crippen molar-refractivity contribution in [1.29, 1.82) is 0 Å². The number of H-pyrrole nitrogens is 1. The van der Waals surface area contributed by atoms with E-state index in [9.17, 15) is 9.59 Å². The third kappa shape index (κ3) is 3.42. The van der Waals surface area contributed by atoms with Crippen LogP contribution in [-0.4, -0.2) is 35.6 Å². The van der Waals surface area contributed by atoms with Crippen LogP contribution in [0.2, 0.25) is 0 Å². The van der Waals surface area contributed by atoms with Gasteiger partial charge in [-0.25, -0.2) is 4.98 Å². The van der Waals surface area contributed by atoms with Crippen molar-refractivity contribution in [2.75, 3.05) is 18.6 Å². The molecule has 1 aromatic rings. The predicted molar refractivity (Wildman–Crippen MR) is 72.1 cm³/mol. The van der Waals surface area contributed by atoms with E-state index in [4.69, 9.17) is 0 Å². The van der Waals surface area contributed by atoms with Crippen LogP contribution in [-0.2, 0) is 9.53 Å². The molecule has 6 nitrogen and oxygen atoms in total. The number of anilines is 1. The summed E-state index contributed by atoms with van der Waals surface area (Å²) in [5.74, 6) is 0.131. The number of nitrogens with zero attached hydrogens (tertiary/aromatic N) is 2. The highest BCUT2D eigenvalue weighted by atomic mass is 127. The van der Waals surface area contributed by atoms with Gasteiger partial charge in [0, 0.05) is 6.04 Å². The van der Waals surface area contributed by atoms with Crippen molar-refractivity contribution in [2.45, 2.75) is 19.9 Å². The van der Waals surface area contributed by atoms with E-state index in [2.05, 4.69) is 14.7 Å². The van der Waals surface area contributed by atoms with Crippen LogP contribution in [0.1, 0.15) is 13.8 Å². The van der Waals surface area contributed by atoms with Crippen molar-refractivity contribution in [3.63, 3.8) is 0 Å². The summed E-state index contributed by atoms with van der Waals surface area (Å²) in [7, 11) is 1.33. The van der Waals surface area contributed by atoms with E-state index >= 15 is 0 Å². The summed E-state index contributed by atoms with van der Waals surface area (Å²) in [5.41, 5.74) is -0.217. The Morgan fingerprint density at radius 3 is 2.82 bits per heavy atom. The maximum absolute atomic E-state index is 11.5. The first kappa shape index (κ1) is 13.9. The second-order valence-electron chi connectivity index (χ2n) is 3.67. The van der Waals surface area contributed by atoms with Crippen LogP contribution in [0.3, 0.4) is 0 Å². The van der Waals surface area contributed by atoms with Gasteiger partial charge < -0.3 is 14.6 Å². The third-order valence-corrected chi connectivity index (χ3v) is 3.17. The Hall–Kier alpha value is -1.12. The number of esters is 1. The molecule has 0 aromatic carbocycles. The van der Waals surface area contributed by atoms with Gasteiger partial charge in [0.1, 0.15) is 15.9 Å². The van der Waals surface area contributed by atoms with Crippen molar-refractivity contribution in [2.24, 2.45) is 0 Å². The summed E-state index contributed by atoms with van der Waals surface area (Å²) in [6.07, 6.45) is 1.33. The van der Waals surface area contributed by atoms with Gasteiger partial charge in [-0.1, -0.05) is 0 Å². The van der Waals surface area contributed by atoms with E-state index in [1.165, 1.54) is 13.4 Å². The number of hydrogen-bond donors (Lipinski definition) is 1. The fraction of sp³-hybridized carbons (Fsp3) is 0.500. The average Bonchev–Trinajstić information content (AvgIpc) is 2.29. The number of halogens is 1. The van der Waals surface area contributed by atoms with Crippen molar-refractivity contribution in [3.05, 3.63) is 20.3 Å². The Morgan fingerprint density at radius 2 is 2.29 bits per heavy atom. The molecule has 0 amide bonds. The van der Waals surface area contributed by atoms with Crippen LogP contribution in [0, 0.1) is 3.57 Å². The molecule has 0 aliphatic heterocycles. The molecule has 0 saturated heterocycles. The maximum Gasteiger partial charge on any atom is 0.325 e. The van der Waals surface area contributed by atoms with E-state index in [0.717, 1.165) is 0 Å². The second-order valence-corrected chi connectivity index (χ2v) is 4.75. The molecule has 17 heavy (non-hydrogen) atoms. The molecule has 1 aromatic heterocycles. The van der Waals surface area contributed by atoms with Gasteiger partial charge in [0.15, 0.2) is 0 Å². The fourth-order valence-corrected chi connectivity index (χ4v) is 1.88. The zero-order valence-corrected chi connectivity index (χ0v) is 12.0. The van der Waals surface area contributed by atoms with Crippen molar-refractivity contribution in [1.82, 2.24) is 9.97 Å². The Labute approximate surface area is 113 Å². The Kier molecular flexibility index (Phi) is 4.91. The number of carbonyl (C=O) groups is 1. The standard InChI is InChI=1S/C10H14IN3O3/c1-6(2)14(4-7(15)17-3)9-8(11)10(16)13-5-12-9/h5-6H,4H2,1-3H3,(H,12,13,16). The molecule has 0 aliphatic carbocycles. The van der Waals surface area contributed by atoms with Gasteiger partial charge >= 0.3 is 5.97 Å². The molecule has 0 bridgehead atoms. The molecule has 0 fully saturated rings. The number of hydrogen-bond acceptors (Lipinski definition) is 5. The molecule has 0 aliphatic rings. The first-order valence-electron chi connectivity index (χ1n) is 5.04. The maximum atomic E-state index is 11.5. The van der Waals surface area contributed by atoms with Crippen LogP contribution in [0.25, 0.3) is 0 Å². The minimum Gasteiger partial charge on any atom is -0.468 e. The normalized spacial score (nSPS) is 10.4. The van der Waals surface area contributed by atoms with Crippen molar-refractivity contribution >= 4 is 34.4 Å². The lowest BCUT2D eigenvalue weighted by molar-refractivity contribution is -0.139. The van der Waals surface area contributed by atoms with Crippen LogP contribution >= 0.6 is 22.6 Å². The summed E-state index contributed by atoms with van der Waals surface area (Å²) in [5, 5.41) is 0. The fourth-order valence-electron chi connectivity index (χ4n) is 1.28. The molecule has 0 radical (unpaired) electrons. The van der Waals surface area contributed by atoms with Crippen molar-refractivity contribution < 1.29 is 9.53 Å². The van der Waals surface area contributed by atoms with E-state index in [-0.39, 0.29) is 24.1 Å². The van der Waals surface area contributed by atoms with Crippen LogP contribution in [0.5, 0.6) is 0 Å². The minimum absolute atomic E-state index is 0.0388. The smallest absolute Gasteiger partial charge is 0.325 e. The summed E-state index contributed by atoms with van der Waals surface area (Å²) in [4.78, 5) is 31.1. The van der Waals surface area contributed by atoms with Gasteiger partial charge in [-0.15, -0.1) is 0 Å². The number of rotatable bonds is 4. The highest BCUT2D eigenvalue weighted by molar-refractivity contribution is 14.1. The largest absolute Gasteiger partial charge is 0.468 e. The summed E-state index contributed by atoms with van der Waals surface area (Å²) in [6.45, 7) is 3.91. The molecule has 0 spiro atoms. The number of carbonyl (C=O) groups excluding carboxylic acids is 1. The van der Waals surface area contributed by atoms with Crippen LogP contribution < -0.4 is 10.5 Å². The summed E-state index contributed by atoms with van der Waals surface area (Å²) < 4.78 is 5.09. The van der Waals surface area contributed by atoms with Crippen LogP contribution in [0.4, 0.5) is 5.82 Å². The third-order valence-electron chi connectivity index (χ3n) is 2.20. The molecular formula is C10H14IN3O3. The van der Waals surface area contributed by atoms with Gasteiger partial charge in [-0.2, -0.15) is 0 Å². The van der Waals surface area contributed by atoms with Crippen LogP contribution in [0.15, 0.2) is 11.1 Å². The number of methoxy groups -OCH3 is 1. The second kappa shape index (κ2) is 5.99. The molecule has 1 rings (SSSR count). The average molecular weight is 351 g/mol. The number of nitrogens with one attached hydrogen (secondary N) is 1.